The number of benzene rings is 2. The summed E-state index contributed by atoms with van der Waals surface area (Å²) in [6.45, 7) is 7.79. The number of nitrogens with zero attached hydrogens (tertiary/aromatic N) is 4. The predicted molar refractivity (Wildman–Crippen MR) is 154 cm³/mol. The zero-order valence-corrected chi connectivity index (χ0v) is 23.3. The van der Waals surface area contributed by atoms with Crippen molar-refractivity contribution in [1.82, 2.24) is 19.7 Å². The second-order valence-corrected chi connectivity index (χ2v) is 12.7. The SMILES string of the molecule is CC1CCCN(Cc2cc(C3CC3)c3occ(-c4cccc(C5(c6nncn6C)CC(C)C5)c4)c(=O)c3c2)C1. The number of rotatable bonds is 6. The minimum Gasteiger partial charge on any atom is -0.463 e. The lowest BCUT2D eigenvalue weighted by Crippen LogP contribution is -2.43. The first-order valence-corrected chi connectivity index (χ1v) is 14.7. The van der Waals surface area contributed by atoms with E-state index in [1.807, 2.05) is 17.7 Å². The molecule has 0 N–H and O–H groups in total. The molecule has 2 aliphatic carbocycles. The van der Waals surface area contributed by atoms with Crippen LogP contribution in [-0.2, 0) is 19.0 Å². The molecule has 2 saturated carbocycles. The average Bonchev–Trinajstić information content (AvgIpc) is 3.67. The molecule has 0 bridgehead atoms. The van der Waals surface area contributed by atoms with Crippen molar-refractivity contribution in [2.75, 3.05) is 13.1 Å². The minimum absolute atomic E-state index is 0.0684. The minimum atomic E-state index is -0.171. The van der Waals surface area contributed by atoms with Gasteiger partial charge in [-0.1, -0.05) is 38.1 Å². The van der Waals surface area contributed by atoms with Crippen LogP contribution in [0.5, 0.6) is 0 Å². The molecular weight excluding hydrogens is 484 g/mol. The van der Waals surface area contributed by atoms with Crippen LogP contribution in [0.25, 0.3) is 22.1 Å². The highest BCUT2D eigenvalue weighted by Gasteiger charge is 2.48. The highest BCUT2D eigenvalue weighted by atomic mass is 16.3. The highest BCUT2D eigenvalue weighted by Crippen LogP contribution is 2.52. The predicted octanol–water partition coefficient (Wildman–Crippen LogP) is 6.41. The molecule has 0 radical (unpaired) electrons. The van der Waals surface area contributed by atoms with Gasteiger partial charge in [0.1, 0.15) is 24.0 Å². The zero-order valence-electron chi connectivity index (χ0n) is 23.3. The average molecular weight is 523 g/mol. The van der Waals surface area contributed by atoms with E-state index in [1.165, 1.54) is 42.4 Å². The summed E-state index contributed by atoms with van der Waals surface area (Å²) in [5.41, 5.74) is 5.87. The standard InChI is InChI=1S/C33H38N4O2/c1-21-6-5-11-37(17-21)18-23-12-27(24-9-10-24)31-28(13-23)30(38)29(19-39-31)25-7-4-8-26(14-25)33(15-22(2)16-33)32-35-34-20-36(32)3/h4,7-8,12-14,19-22,24H,5-6,9-11,15-18H2,1-3H3. The van der Waals surface area contributed by atoms with E-state index in [2.05, 4.69) is 59.3 Å². The summed E-state index contributed by atoms with van der Waals surface area (Å²) in [5, 5.41) is 9.40. The Balaban J connectivity index is 1.30. The maximum absolute atomic E-state index is 14.1. The summed E-state index contributed by atoms with van der Waals surface area (Å²) in [4.78, 5) is 16.6. The molecule has 0 amide bonds. The van der Waals surface area contributed by atoms with Crippen LogP contribution >= 0.6 is 0 Å². The molecule has 1 saturated heterocycles. The van der Waals surface area contributed by atoms with E-state index in [0.717, 1.165) is 60.8 Å². The number of fused-ring (bicyclic) bond motifs is 1. The molecular formula is C33H38N4O2. The van der Waals surface area contributed by atoms with Crippen molar-refractivity contribution in [3.05, 3.63) is 81.7 Å². The van der Waals surface area contributed by atoms with Crippen molar-refractivity contribution < 1.29 is 4.42 Å². The van der Waals surface area contributed by atoms with E-state index >= 15 is 0 Å². The van der Waals surface area contributed by atoms with Gasteiger partial charge >= 0.3 is 0 Å². The van der Waals surface area contributed by atoms with E-state index in [-0.39, 0.29) is 10.8 Å². The fourth-order valence-electron chi connectivity index (χ4n) is 7.38. The molecule has 1 unspecified atom stereocenters. The molecule has 3 heterocycles. The second-order valence-electron chi connectivity index (χ2n) is 12.7. The monoisotopic (exact) mass is 522 g/mol. The summed E-state index contributed by atoms with van der Waals surface area (Å²) in [6.07, 6.45) is 10.4. The van der Waals surface area contributed by atoms with Gasteiger partial charge in [0.2, 0.25) is 5.43 Å². The molecule has 7 rings (SSSR count). The van der Waals surface area contributed by atoms with Crippen LogP contribution in [0, 0.1) is 11.8 Å². The van der Waals surface area contributed by atoms with Gasteiger partial charge < -0.3 is 8.98 Å². The molecule has 3 aliphatic rings. The van der Waals surface area contributed by atoms with Crippen molar-refractivity contribution >= 4 is 11.0 Å². The van der Waals surface area contributed by atoms with E-state index in [0.29, 0.717) is 17.4 Å². The van der Waals surface area contributed by atoms with Crippen LogP contribution in [0.15, 0.2) is 58.2 Å². The summed E-state index contributed by atoms with van der Waals surface area (Å²) in [5.74, 6) is 2.86. The Morgan fingerprint density at radius 3 is 2.64 bits per heavy atom. The van der Waals surface area contributed by atoms with Gasteiger partial charge in [-0.3, -0.25) is 9.69 Å². The van der Waals surface area contributed by atoms with Gasteiger partial charge in [-0.25, -0.2) is 0 Å². The first-order chi connectivity index (χ1) is 18.9. The maximum Gasteiger partial charge on any atom is 0.200 e. The van der Waals surface area contributed by atoms with E-state index in [1.54, 1.807) is 12.6 Å². The van der Waals surface area contributed by atoms with Crippen molar-refractivity contribution in [2.24, 2.45) is 18.9 Å². The van der Waals surface area contributed by atoms with Gasteiger partial charge in [0.25, 0.3) is 0 Å². The molecule has 2 aromatic carbocycles. The van der Waals surface area contributed by atoms with Crippen LogP contribution in [0.2, 0.25) is 0 Å². The fourth-order valence-corrected chi connectivity index (χ4v) is 7.38. The van der Waals surface area contributed by atoms with Crippen molar-refractivity contribution in [2.45, 2.75) is 70.3 Å². The number of hydrogen-bond donors (Lipinski definition) is 0. The van der Waals surface area contributed by atoms with E-state index in [4.69, 9.17) is 4.42 Å². The Morgan fingerprint density at radius 1 is 1.08 bits per heavy atom. The van der Waals surface area contributed by atoms with E-state index in [9.17, 15) is 4.79 Å². The number of aryl methyl sites for hydroxylation is 1. The maximum atomic E-state index is 14.1. The fraction of sp³-hybridized carbons (Fsp3) is 0.485. The first kappa shape index (κ1) is 24.8. The largest absolute Gasteiger partial charge is 0.463 e. The number of aromatic nitrogens is 3. The lowest BCUT2D eigenvalue weighted by molar-refractivity contribution is 0.176. The highest BCUT2D eigenvalue weighted by molar-refractivity contribution is 5.85. The number of hydrogen-bond acceptors (Lipinski definition) is 5. The van der Waals surface area contributed by atoms with Gasteiger partial charge in [0, 0.05) is 20.1 Å². The third kappa shape index (κ3) is 4.33. The van der Waals surface area contributed by atoms with Crippen LogP contribution in [-0.4, -0.2) is 32.8 Å². The van der Waals surface area contributed by atoms with Crippen molar-refractivity contribution in [3.8, 4) is 11.1 Å². The Labute approximate surface area is 230 Å². The summed E-state index contributed by atoms with van der Waals surface area (Å²) in [6, 6.07) is 12.9. The second kappa shape index (κ2) is 9.44. The van der Waals surface area contributed by atoms with Crippen molar-refractivity contribution in [3.63, 3.8) is 0 Å². The molecule has 6 nitrogen and oxygen atoms in total. The van der Waals surface area contributed by atoms with Gasteiger partial charge in [0.15, 0.2) is 0 Å². The lowest BCUT2D eigenvalue weighted by atomic mass is 9.58. The van der Waals surface area contributed by atoms with Crippen LogP contribution in [0.3, 0.4) is 0 Å². The Kier molecular flexibility index (Phi) is 6.00. The third-order valence-electron chi connectivity index (χ3n) is 9.39. The van der Waals surface area contributed by atoms with Gasteiger partial charge in [-0.15, -0.1) is 10.2 Å². The van der Waals surface area contributed by atoms with Crippen LogP contribution < -0.4 is 5.43 Å². The topological polar surface area (TPSA) is 64.2 Å². The Bertz CT molecular complexity index is 1590. The molecule has 202 valence electrons. The molecule has 6 heteroatoms. The molecule has 1 aliphatic heterocycles. The molecule has 1 atom stereocenters. The Hall–Kier alpha value is -3.25. The molecule has 39 heavy (non-hydrogen) atoms. The van der Waals surface area contributed by atoms with Crippen LogP contribution in [0.4, 0.5) is 0 Å². The van der Waals surface area contributed by atoms with Crippen molar-refractivity contribution in [1.29, 1.82) is 0 Å². The smallest absolute Gasteiger partial charge is 0.200 e. The molecule has 3 fully saturated rings. The quantitative estimate of drug-likeness (QED) is 0.293. The summed E-state index contributed by atoms with van der Waals surface area (Å²) in [7, 11) is 2.02. The molecule has 4 aromatic rings. The summed E-state index contributed by atoms with van der Waals surface area (Å²) < 4.78 is 8.34. The first-order valence-electron chi connectivity index (χ1n) is 14.7. The normalized spacial score (nSPS) is 25.6. The zero-order chi connectivity index (χ0) is 26.7. The van der Waals surface area contributed by atoms with Crippen LogP contribution in [0.1, 0.15) is 80.8 Å². The molecule has 0 spiro atoms. The number of likely N-dealkylation sites (tertiary alicyclic amines) is 1. The van der Waals surface area contributed by atoms with Gasteiger partial charge in [0.05, 0.1) is 16.4 Å². The van der Waals surface area contributed by atoms with Gasteiger partial charge in [-0.05, 0) is 97.2 Å². The third-order valence-corrected chi connectivity index (χ3v) is 9.39. The van der Waals surface area contributed by atoms with E-state index < -0.39 is 0 Å². The molecule has 2 aromatic heterocycles. The van der Waals surface area contributed by atoms with Gasteiger partial charge in [-0.2, -0.15) is 0 Å². The lowest BCUT2D eigenvalue weighted by Gasteiger charge is -2.46. The summed E-state index contributed by atoms with van der Waals surface area (Å²) >= 11 is 0. The number of piperidine rings is 1. The Morgan fingerprint density at radius 2 is 1.92 bits per heavy atom.